The molecule has 40 heavy (non-hydrogen) atoms. The summed E-state index contributed by atoms with van der Waals surface area (Å²) in [4.78, 5) is 52.6. The molecule has 4 heterocycles. The SMILES string of the molecule is CCOC(=O)C1=C(CN2CCN3C(=O)N(CC(C)C(=O)O)C[C@@H]3C2)NC(c2nccs2)=N[C@H]1c1ccccc1Cl. The highest BCUT2D eigenvalue weighted by Crippen LogP contribution is 2.36. The van der Waals surface area contributed by atoms with E-state index in [2.05, 4.69) is 15.2 Å². The number of aliphatic carboxylic acids is 1. The molecule has 212 valence electrons. The molecule has 1 aromatic carbocycles. The Morgan fingerprint density at radius 2 is 2.08 bits per heavy atom. The summed E-state index contributed by atoms with van der Waals surface area (Å²) < 4.78 is 5.48. The van der Waals surface area contributed by atoms with Gasteiger partial charge in [0.25, 0.3) is 0 Å². The van der Waals surface area contributed by atoms with Crippen molar-refractivity contribution >= 4 is 46.7 Å². The van der Waals surface area contributed by atoms with Crippen LogP contribution >= 0.6 is 22.9 Å². The molecule has 0 radical (unpaired) electrons. The molecule has 2 saturated heterocycles. The number of amidine groups is 1. The maximum absolute atomic E-state index is 13.4. The maximum atomic E-state index is 13.4. The largest absolute Gasteiger partial charge is 0.481 e. The first-order valence-electron chi connectivity index (χ1n) is 13.2. The van der Waals surface area contributed by atoms with Gasteiger partial charge in [-0.15, -0.1) is 11.3 Å². The van der Waals surface area contributed by atoms with Gasteiger partial charge in [0, 0.05) is 67.1 Å². The molecule has 11 nitrogen and oxygen atoms in total. The van der Waals surface area contributed by atoms with Crippen molar-refractivity contribution in [1.82, 2.24) is 25.0 Å². The first kappa shape index (κ1) is 28.1. The number of rotatable bonds is 9. The highest BCUT2D eigenvalue weighted by molar-refractivity contribution is 7.11. The third-order valence-corrected chi connectivity index (χ3v) is 8.39. The minimum Gasteiger partial charge on any atom is -0.481 e. The lowest BCUT2D eigenvalue weighted by atomic mass is 9.95. The molecule has 3 aliphatic rings. The Labute approximate surface area is 241 Å². The number of carboxylic acids is 1. The van der Waals surface area contributed by atoms with Crippen LogP contribution in [0.2, 0.25) is 5.02 Å². The number of piperazine rings is 1. The van der Waals surface area contributed by atoms with Gasteiger partial charge in [-0.05, 0) is 13.0 Å². The van der Waals surface area contributed by atoms with Crippen LogP contribution in [0.4, 0.5) is 4.79 Å². The van der Waals surface area contributed by atoms with Crippen LogP contribution in [0.3, 0.4) is 0 Å². The number of ether oxygens (including phenoxy) is 1. The standard InChI is InChI=1S/C27H31ClN6O5S/c1-3-39-26(37)21-20(15-32-9-10-34-17(13-32)14-33(27(34)38)12-16(2)25(35)36)30-23(24-29-8-11-40-24)31-22(21)18-6-4-5-7-19(18)28/h4-8,11,16-17,22H,3,9-10,12-15H2,1-2H3,(H,30,31)(H,35,36)/t16?,17-,22-/m0/s1. The van der Waals surface area contributed by atoms with Crippen LogP contribution in [0.25, 0.3) is 0 Å². The first-order chi connectivity index (χ1) is 19.3. The fourth-order valence-corrected chi connectivity index (χ4v) is 6.14. The van der Waals surface area contributed by atoms with Gasteiger partial charge in [-0.25, -0.2) is 14.6 Å². The summed E-state index contributed by atoms with van der Waals surface area (Å²) in [6, 6.07) is 6.42. The van der Waals surface area contributed by atoms with Crippen molar-refractivity contribution in [3.05, 3.63) is 62.7 Å². The number of aromatic nitrogens is 1. The fourth-order valence-electron chi connectivity index (χ4n) is 5.31. The van der Waals surface area contributed by atoms with Crippen molar-refractivity contribution in [1.29, 1.82) is 0 Å². The van der Waals surface area contributed by atoms with Gasteiger partial charge in [0.15, 0.2) is 10.8 Å². The van der Waals surface area contributed by atoms with Crippen molar-refractivity contribution in [2.45, 2.75) is 25.9 Å². The van der Waals surface area contributed by atoms with E-state index in [0.29, 0.717) is 65.4 Å². The summed E-state index contributed by atoms with van der Waals surface area (Å²) in [7, 11) is 0. The Hall–Kier alpha value is -3.48. The van der Waals surface area contributed by atoms with Crippen LogP contribution in [-0.4, -0.2) is 101 Å². The van der Waals surface area contributed by atoms with Gasteiger partial charge in [0.05, 0.1) is 24.1 Å². The first-order valence-corrected chi connectivity index (χ1v) is 14.4. The quantitative estimate of drug-likeness (QED) is 0.429. The third-order valence-electron chi connectivity index (χ3n) is 7.27. The van der Waals surface area contributed by atoms with E-state index in [1.807, 2.05) is 28.5 Å². The molecule has 3 aliphatic heterocycles. The van der Waals surface area contributed by atoms with Crippen LogP contribution < -0.4 is 5.32 Å². The summed E-state index contributed by atoms with van der Waals surface area (Å²) >= 11 is 8.03. The molecule has 13 heteroatoms. The lowest BCUT2D eigenvalue weighted by Gasteiger charge is -2.38. The van der Waals surface area contributed by atoms with E-state index in [0.717, 1.165) is 0 Å². The average molecular weight is 587 g/mol. The number of halogens is 1. The summed E-state index contributed by atoms with van der Waals surface area (Å²) in [5.74, 6) is -1.49. The number of carboxylic acid groups (broad SMARTS) is 1. The number of urea groups is 1. The Morgan fingerprint density at radius 1 is 1.27 bits per heavy atom. The highest BCUT2D eigenvalue weighted by atomic mass is 35.5. The van der Waals surface area contributed by atoms with Crippen LogP contribution in [0.5, 0.6) is 0 Å². The number of benzene rings is 1. The molecule has 0 spiro atoms. The van der Waals surface area contributed by atoms with E-state index in [4.69, 9.17) is 21.3 Å². The Bertz CT molecular complexity index is 1350. The van der Waals surface area contributed by atoms with Crippen molar-refractivity contribution < 1.29 is 24.2 Å². The minimum atomic E-state index is -0.924. The number of amides is 2. The molecule has 2 fully saturated rings. The second-order valence-corrected chi connectivity index (χ2v) is 11.3. The van der Waals surface area contributed by atoms with Crippen LogP contribution in [0.15, 0.2) is 52.1 Å². The van der Waals surface area contributed by atoms with Crippen LogP contribution in [-0.2, 0) is 14.3 Å². The number of aliphatic imine (C=N–C) groups is 1. The monoisotopic (exact) mass is 586 g/mol. The number of nitrogens with zero attached hydrogens (tertiary/aromatic N) is 5. The molecule has 0 bridgehead atoms. The van der Waals surface area contributed by atoms with Gasteiger partial charge in [-0.1, -0.05) is 36.7 Å². The molecular formula is C27H31ClN6O5S. The number of hydrogen-bond donors (Lipinski definition) is 2. The van der Waals surface area contributed by atoms with Crippen molar-refractivity contribution in [3.8, 4) is 0 Å². The Balaban J connectivity index is 1.44. The maximum Gasteiger partial charge on any atom is 0.338 e. The average Bonchev–Trinajstić information content (AvgIpc) is 3.57. The van der Waals surface area contributed by atoms with Gasteiger partial charge < -0.3 is 25.0 Å². The molecule has 1 aromatic heterocycles. The van der Waals surface area contributed by atoms with E-state index in [1.54, 1.807) is 31.0 Å². The van der Waals surface area contributed by atoms with E-state index in [-0.39, 0.29) is 25.2 Å². The lowest BCUT2D eigenvalue weighted by molar-refractivity contribution is -0.141. The Morgan fingerprint density at radius 3 is 2.77 bits per heavy atom. The van der Waals surface area contributed by atoms with Crippen molar-refractivity contribution in [3.63, 3.8) is 0 Å². The van der Waals surface area contributed by atoms with Crippen LogP contribution in [0, 0.1) is 5.92 Å². The minimum absolute atomic E-state index is 0.0797. The molecule has 3 atom stereocenters. The van der Waals surface area contributed by atoms with Crippen molar-refractivity contribution in [2.75, 3.05) is 45.9 Å². The second-order valence-electron chi connectivity index (χ2n) is 9.99. The molecule has 0 saturated carbocycles. The van der Waals surface area contributed by atoms with E-state index >= 15 is 0 Å². The topological polar surface area (TPSA) is 128 Å². The highest BCUT2D eigenvalue weighted by Gasteiger charge is 2.42. The molecule has 1 unspecified atom stereocenters. The lowest BCUT2D eigenvalue weighted by Crippen LogP contribution is -2.53. The van der Waals surface area contributed by atoms with E-state index < -0.39 is 23.9 Å². The van der Waals surface area contributed by atoms with Crippen LogP contribution in [0.1, 0.15) is 30.5 Å². The third kappa shape index (κ3) is 5.70. The van der Waals surface area contributed by atoms with Gasteiger partial charge in [-0.3, -0.25) is 14.7 Å². The molecular weight excluding hydrogens is 556 g/mol. The second kappa shape index (κ2) is 11.9. The summed E-state index contributed by atoms with van der Waals surface area (Å²) in [5, 5.41) is 15.7. The van der Waals surface area contributed by atoms with Crippen molar-refractivity contribution in [2.24, 2.45) is 10.9 Å². The number of esters is 1. The number of carbonyl (C=O) groups is 3. The fraction of sp³-hybridized carbons (Fsp3) is 0.444. The van der Waals surface area contributed by atoms with E-state index in [9.17, 15) is 19.5 Å². The van der Waals surface area contributed by atoms with Gasteiger partial charge >= 0.3 is 18.0 Å². The summed E-state index contributed by atoms with van der Waals surface area (Å²) in [6.45, 7) is 6.27. The van der Waals surface area contributed by atoms with Gasteiger partial charge in [-0.2, -0.15) is 0 Å². The van der Waals surface area contributed by atoms with Gasteiger partial charge in [0.1, 0.15) is 6.04 Å². The molecule has 2 N–H and O–H groups in total. The Kier molecular flexibility index (Phi) is 8.38. The molecule has 0 aliphatic carbocycles. The molecule has 2 aromatic rings. The smallest absolute Gasteiger partial charge is 0.338 e. The summed E-state index contributed by atoms with van der Waals surface area (Å²) in [6.07, 6.45) is 1.70. The number of hydrogen-bond acceptors (Lipinski definition) is 9. The number of thiazole rings is 1. The predicted molar refractivity (Wildman–Crippen MR) is 150 cm³/mol. The normalized spacial score (nSPS) is 22.1. The zero-order chi connectivity index (χ0) is 28.4. The van der Waals surface area contributed by atoms with Gasteiger partial charge in [0.2, 0.25) is 0 Å². The molecule has 5 rings (SSSR count). The number of fused-ring (bicyclic) bond motifs is 1. The zero-order valence-electron chi connectivity index (χ0n) is 22.2. The predicted octanol–water partition coefficient (Wildman–Crippen LogP) is 2.85. The number of carbonyl (C=O) groups excluding carboxylic acids is 2. The molecule has 2 amide bonds. The van der Waals surface area contributed by atoms with E-state index in [1.165, 1.54) is 11.3 Å². The zero-order valence-corrected chi connectivity index (χ0v) is 23.8. The summed E-state index contributed by atoms with van der Waals surface area (Å²) in [5.41, 5.74) is 1.73. The number of nitrogens with one attached hydrogen (secondary N) is 1.